The molecule has 1 radical (unpaired) electrons. The van der Waals surface area contributed by atoms with E-state index >= 15 is 0 Å². The number of anilines is 1. The summed E-state index contributed by atoms with van der Waals surface area (Å²) in [5.74, 6) is -0.471. The molecule has 3 nitrogen and oxygen atoms in total. The number of nitrogens with one attached hydrogen (secondary N) is 2. The van der Waals surface area contributed by atoms with E-state index < -0.39 is 5.82 Å². The summed E-state index contributed by atoms with van der Waals surface area (Å²) in [5.41, 5.74) is 3.26. The number of hydrogen-bond acceptors (Lipinski definition) is 3. The van der Waals surface area contributed by atoms with Crippen LogP contribution in [0, 0.1) is 5.82 Å². The molecule has 21 heavy (non-hydrogen) atoms. The van der Waals surface area contributed by atoms with Crippen molar-refractivity contribution in [1.29, 1.82) is 0 Å². The molecule has 0 saturated heterocycles. The molecule has 1 heterocycles. The van der Waals surface area contributed by atoms with Crippen molar-refractivity contribution in [2.45, 2.75) is 0 Å². The molecule has 2 rings (SSSR count). The average molecular weight is 413 g/mol. The van der Waals surface area contributed by atoms with E-state index in [2.05, 4.69) is 15.8 Å². The minimum atomic E-state index is -0.471. The van der Waals surface area contributed by atoms with Crippen LogP contribution in [0.4, 0.5) is 10.1 Å². The van der Waals surface area contributed by atoms with Gasteiger partial charge in [0.25, 0.3) is 0 Å². The van der Waals surface area contributed by atoms with Crippen molar-refractivity contribution in [1.82, 2.24) is 5.43 Å². The van der Waals surface area contributed by atoms with Crippen LogP contribution in [0.2, 0.25) is 5.02 Å². The first-order valence-electron chi connectivity index (χ1n) is 5.24. The summed E-state index contributed by atoms with van der Waals surface area (Å²) < 4.78 is 13.0. The molecule has 0 unspecified atom stereocenters. The number of hydrazone groups is 1. The van der Waals surface area contributed by atoms with Crippen LogP contribution >= 0.6 is 35.2 Å². The summed E-state index contributed by atoms with van der Waals surface area (Å²) in [4.78, 5) is 1.01. The molecule has 1 aromatic carbocycles. The van der Waals surface area contributed by atoms with E-state index in [9.17, 15) is 4.39 Å². The van der Waals surface area contributed by atoms with Crippen LogP contribution in [0.5, 0.6) is 0 Å². The van der Waals surface area contributed by atoms with Gasteiger partial charge in [-0.15, -0.1) is 11.3 Å². The number of halogens is 3. The van der Waals surface area contributed by atoms with Gasteiger partial charge in [-0.05, 0) is 41.9 Å². The Hall–Kier alpha value is -0.691. The second-order valence-electron chi connectivity index (χ2n) is 3.47. The van der Waals surface area contributed by atoms with Crippen molar-refractivity contribution < 1.29 is 33.9 Å². The van der Waals surface area contributed by atoms with Crippen LogP contribution in [-0.4, -0.2) is 11.3 Å². The van der Waals surface area contributed by atoms with E-state index in [4.69, 9.17) is 23.8 Å². The van der Waals surface area contributed by atoms with Crippen LogP contribution in [0.15, 0.2) is 40.8 Å². The first-order valence-corrected chi connectivity index (χ1v) is 6.90. The van der Waals surface area contributed by atoms with Gasteiger partial charge in [0.1, 0.15) is 5.82 Å². The van der Waals surface area contributed by atoms with Crippen molar-refractivity contribution >= 4 is 52.2 Å². The Kier molecular flexibility index (Phi) is 9.77. The van der Waals surface area contributed by atoms with Crippen molar-refractivity contribution in [3.05, 3.63) is 51.4 Å². The van der Waals surface area contributed by atoms with Gasteiger partial charge in [-0.1, -0.05) is 17.7 Å². The number of rotatable bonds is 3. The van der Waals surface area contributed by atoms with Gasteiger partial charge in [0, 0.05) is 10.6 Å². The molecule has 0 atom stereocenters. The van der Waals surface area contributed by atoms with Crippen molar-refractivity contribution in [2.24, 2.45) is 5.10 Å². The number of nitrogens with zero attached hydrogens (tertiary/aromatic N) is 1. The quantitative estimate of drug-likeness (QED) is 0.340. The predicted octanol–water partition coefficient (Wildman–Crippen LogP) is 0.863. The summed E-state index contributed by atoms with van der Waals surface area (Å²) in [6, 6.07) is 8.13. The molecule has 0 bridgehead atoms. The Labute approximate surface area is 152 Å². The van der Waals surface area contributed by atoms with Gasteiger partial charge in [-0.3, -0.25) is 5.43 Å². The Morgan fingerprint density at radius 2 is 2.14 bits per heavy atom. The average Bonchev–Trinajstić information content (AvgIpc) is 2.87. The molecule has 0 aliphatic carbocycles. The van der Waals surface area contributed by atoms with Crippen LogP contribution < -0.4 is 23.1 Å². The fraction of sp³-hybridized carbons (Fsp3) is 0. The smallest absolute Gasteiger partial charge is 1.00 e. The maximum Gasteiger partial charge on any atom is 2.00 e. The van der Waals surface area contributed by atoms with E-state index in [1.165, 1.54) is 18.2 Å². The van der Waals surface area contributed by atoms with E-state index in [0.29, 0.717) is 10.8 Å². The van der Waals surface area contributed by atoms with Crippen molar-refractivity contribution in [3.8, 4) is 0 Å². The van der Waals surface area contributed by atoms with Crippen molar-refractivity contribution in [2.75, 3.05) is 5.32 Å². The molecule has 9 heteroatoms. The van der Waals surface area contributed by atoms with Crippen LogP contribution in [0.25, 0.3) is 0 Å². The van der Waals surface area contributed by atoms with Crippen LogP contribution in [-0.2, 0) is 17.1 Å². The molecule has 115 valence electrons. The van der Waals surface area contributed by atoms with E-state index in [-0.39, 0.29) is 34.5 Å². The zero-order valence-corrected chi connectivity index (χ0v) is 14.3. The molecule has 2 aromatic rings. The normalized spacial score (nSPS) is 9.62. The topological polar surface area (TPSA) is 36.4 Å². The molecule has 0 spiro atoms. The standard InChI is InChI=1S/C12H9ClFN3S2.ClH.Cu/c13-10-6-8(3-4-11(10)14)16-12(18)17-15-7-9-2-1-5-19-9;;/h1-7H,(H2,16,17,18);1H;/q;;+2/p-1/b15-7+;;. The maximum atomic E-state index is 13.0. The minimum absolute atomic E-state index is 0. The van der Waals surface area contributed by atoms with Gasteiger partial charge in [0.15, 0.2) is 5.11 Å². The largest absolute Gasteiger partial charge is 2.00 e. The molecule has 0 aliphatic heterocycles. The zero-order chi connectivity index (χ0) is 13.7. The molecule has 0 aliphatic rings. The van der Waals surface area contributed by atoms with E-state index in [1.807, 2.05) is 17.5 Å². The van der Waals surface area contributed by atoms with Gasteiger partial charge in [-0.2, -0.15) is 5.10 Å². The van der Waals surface area contributed by atoms with E-state index in [1.54, 1.807) is 17.6 Å². The van der Waals surface area contributed by atoms with Gasteiger partial charge in [0.05, 0.1) is 11.2 Å². The minimum Gasteiger partial charge on any atom is -1.00 e. The third-order valence-electron chi connectivity index (χ3n) is 2.08. The predicted molar refractivity (Wildman–Crippen MR) is 82.7 cm³/mol. The fourth-order valence-electron chi connectivity index (χ4n) is 1.25. The molecular weight excluding hydrogens is 404 g/mol. The Balaban J connectivity index is 0.00000200. The first-order chi connectivity index (χ1) is 9.15. The van der Waals surface area contributed by atoms with Crippen molar-refractivity contribution in [3.63, 3.8) is 0 Å². The number of thiophene rings is 1. The van der Waals surface area contributed by atoms with Gasteiger partial charge in [-0.25, -0.2) is 4.39 Å². The summed E-state index contributed by atoms with van der Waals surface area (Å²) in [6.07, 6.45) is 1.66. The third kappa shape index (κ3) is 6.73. The fourth-order valence-corrected chi connectivity index (χ4v) is 2.19. The van der Waals surface area contributed by atoms with E-state index in [0.717, 1.165) is 4.88 Å². The number of benzene rings is 1. The second kappa shape index (κ2) is 10.1. The monoisotopic (exact) mass is 411 g/mol. The van der Waals surface area contributed by atoms with Gasteiger partial charge < -0.3 is 17.7 Å². The van der Waals surface area contributed by atoms with Crippen LogP contribution in [0.3, 0.4) is 0 Å². The van der Waals surface area contributed by atoms with Gasteiger partial charge >= 0.3 is 17.1 Å². The summed E-state index contributed by atoms with van der Waals surface area (Å²) in [5, 5.41) is 9.12. The molecule has 2 N–H and O–H groups in total. The Bertz CT molecular complexity index is 609. The Morgan fingerprint density at radius 1 is 1.38 bits per heavy atom. The summed E-state index contributed by atoms with van der Waals surface area (Å²) in [6.45, 7) is 0. The zero-order valence-electron chi connectivity index (χ0n) is 10.2. The van der Waals surface area contributed by atoms with Crippen LogP contribution in [0.1, 0.15) is 4.88 Å². The number of hydrogen-bond donors (Lipinski definition) is 2. The molecule has 0 amide bonds. The van der Waals surface area contributed by atoms with Gasteiger partial charge in [0.2, 0.25) is 0 Å². The third-order valence-corrected chi connectivity index (χ3v) is 3.37. The Morgan fingerprint density at radius 3 is 2.76 bits per heavy atom. The molecule has 0 saturated carbocycles. The molecule has 1 aromatic heterocycles. The first kappa shape index (κ1) is 20.3. The summed E-state index contributed by atoms with van der Waals surface area (Å²) >= 11 is 12.3. The number of thiocarbonyl (C=S) groups is 1. The SMILES string of the molecule is Fc1ccc(NC(=S)N/N=C/c2cccs2)cc1Cl.[Cl-].[Cu+2]. The maximum absolute atomic E-state index is 13.0. The molecule has 0 fully saturated rings. The summed E-state index contributed by atoms with van der Waals surface area (Å²) in [7, 11) is 0. The second-order valence-corrected chi connectivity index (χ2v) is 5.26. The molecular formula is C12H9Cl2CuFN3S2+.